The van der Waals surface area contributed by atoms with Gasteiger partial charge in [-0.05, 0) is 24.3 Å². The third-order valence-corrected chi connectivity index (χ3v) is 3.64. The first kappa shape index (κ1) is 13.0. The minimum Gasteiger partial charge on any atom is -0.486 e. The maximum absolute atomic E-state index is 5.85. The first-order chi connectivity index (χ1) is 10.7. The number of fused-ring (bicyclic) bond motifs is 3. The van der Waals surface area contributed by atoms with Crippen molar-refractivity contribution in [2.45, 2.75) is 6.61 Å². The molecule has 0 unspecified atom stereocenters. The number of hydrogen-bond acceptors (Lipinski definition) is 5. The van der Waals surface area contributed by atoms with Crippen LogP contribution in [0.4, 0.5) is 0 Å². The Kier molecular flexibility index (Phi) is 2.93. The molecule has 0 aliphatic rings. The van der Waals surface area contributed by atoms with Gasteiger partial charge in [0.25, 0.3) is 0 Å². The van der Waals surface area contributed by atoms with E-state index < -0.39 is 0 Å². The lowest BCUT2D eigenvalue weighted by atomic mass is 10.3. The molecule has 0 saturated heterocycles. The minimum absolute atomic E-state index is 0.288. The van der Waals surface area contributed by atoms with Crippen LogP contribution in [0.5, 0.6) is 5.75 Å². The van der Waals surface area contributed by atoms with Gasteiger partial charge >= 0.3 is 0 Å². The molecule has 0 N–H and O–H groups in total. The van der Waals surface area contributed by atoms with Gasteiger partial charge in [-0.25, -0.2) is 4.98 Å². The summed E-state index contributed by atoms with van der Waals surface area (Å²) in [5.74, 6) is 1.39. The van der Waals surface area contributed by atoms with E-state index in [-0.39, 0.29) is 6.61 Å². The summed E-state index contributed by atoms with van der Waals surface area (Å²) in [6, 6.07) is 7.17. The molecule has 3 heterocycles. The van der Waals surface area contributed by atoms with Crippen molar-refractivity contribution in [2.24, 2.45) is 7.05 Å². The summed E-state index contributed by atoms with van der Waals surface area (Å²) < 4.78 is 9.21. The number of nitrogens with zero attached hydrogens (tertiary/aromatic N) is 6. The third-order valence-electron chi connectivity index (χ3n) is 3.39. The molecule has 7 nitrogen and oxygen atoms in total. The van der Waals surface area contributed by atoms with Crippen molar-refractivity contribution in [3.8, 4) is 5.75 Å². The van der Waals surface area contributed by atoms with Crippen LogP contribution in [0, 0.1) is 0 Å². The number of aromatic nitrogens is 6. The smallest absolute Gasteiger partial charge is 0.176 e. The maximum Gasteiger partial charge on any atom is 0.176 e. The van der Waals surface area contributed by atoms with E-state index in [1.165, 1.54) is 0 Å². The van der Waals surface area contributed by atoms with Crippen LogP contribution in [-0.4, -0.2) is 29.4 Å². The van der Waals surface area contributed by atoms with Gasteiger partial charge in [0.1, 0.15) is 18.7 Å². The second-order valence-corrected chi connectivity index (χ2v) is 5.24. The molecule has 0 atom stereocenters. The second kappa shape index (κ2) is 4.96. The van der Waals surface area contributed by atoms with E-state index >= 15 is 0 Å². The maximum atomic E-state index is 5.85. The first-order valence-corrected chi connectivity index (χ1v) is 6.99. The molecule has 0 amide bonds. The van der Waals surface area contributed by atoms with Crippen molar-refractivity contribution in [3.05, 3.63) is 47.6 Å². The Morgan fingerprint density at radius 1 is 1.14 bits per heavy atom. The topological polar surface area (TPSA) is 70.1 Å². The zero-order chi connectivity index (χ0) is 15.1. The standard InChI is InChI=1S/C14H11ClN6O/c1-20-13-11(6-17-20)14-19-18-12(21(14)8-16-13)7-22-10-4-2-9(15)3-5-10/h2-6,8H,7H2,1H3. The lowest BCUT2D eigenvalue weighted by Gasteiger charge is -2.04. The van der Waals surface area contributed by atoms with Crippen LogP contribution in [0.3, 0.4) is 0 Å². The monoisotopic (exact) mass is 314 g/mol. The van der Waals surface area contributed by atoms with Crippen LogP contribution in [0.15, 0.2) is 36.8 Å². The molecule has 3 aromatic heterocycles. The van der Waals surface area contributed by atoms with Crippen LogP contribution in [0.2, 0.25) is 5.02 Å². The Bertz CT molecular complexity index is 959. The summed E-state index contributed by atoms with van der Waals surface area (Å²) in [6.45, 7) is 0.288. The molecule has 4 rings (SSSR count). The van der Waals surface area contributed by atoms with Crippen molar-refractivity contribution in [2.75, 3.05) is 0 Å². The minimum atomic E-state index is 0.288. The number of benzene rings is 1. The Hall–Kier alpha value is -2.67. The SMILES string of the molecule is Cn1ncc2c1ncn1c(COc3ccc(Cl)cc3)nnc21. The molecule has 0 bridgehead atoms. The Morgan fingerprint density at radius 2 is 1.95 bits per heavy atom. The lowest BCUT2D eigenvalue weighted by Crippen LogP contribution is -2.02. The summed E-state index contributed by atoms with van der Waals surface area (Å²) in [7, 11) is 1.84. The van der Waals surface area contributed by atoms with Gasteiger partial charge in [0.15, 0.2) is 17.1 Å². The number of halogens is 1. The van der Waals surface area contributed by atoms with E-state index in [0.717, 1.165) is 16.8 Å². The molecule has 110 valence electrons. The Morgan fingerprint density at radius 3 is 2.77 bits per heavy atom. The average molecular weight is 315 g/mol. The highest BCUT2D eigenvalue weighted by Crippen LogP contribution is 2.18. The van der Waals surface area contributed by atoms with E-state index in [9.17, 15) is 0 Å². The van der Waals surface area contributed by atoms with E-state index in [1.54, 1.807) is 33.7 Å². The zero-order valence-electron chi connectivity index (χ0n) is 11.6. The van der Waals surface area contributed by atoms with Gasteiger partial charge in [0.2, 0.25) is 0 Å². The summed E-state index contributed by atoms with van der Waals surface area (Å²) in [5.41, 5.74) is 1.48. The van der Waals surface area contributed by atoms with E-state index in [4.69, 9.17) is 16.3 Å². The van der Waals surface area contributed by atoms with Crippen LogP contribution < -0.4 is 4.74 Å². The molecule has 0 aliphatic carbocycles. The highest BCUT2D eigenvalue weighted by atomic mass is 35.5. The van der Waals surface area contributed by atoms with Crippen molar-refractivity contribution < 1.29 is 4.74 Å². The van der Waals surface area contributed by atoms with Gasteiger partial charge in [0.05, 0.1) is 11.6 Å². The fourth-order valence-corrected chi connectivity index (χ4v) is 2.39. The van der Waals surface area contributed by atoms with Gasteiger partial charge in [-0.2, -0.15) is 5.10 Å². The van der Waals surface area contributed by atoms with E-state index in [2.05, 4.69) is 20.3 Å². The third kappa shape index (κ3) is 2.06. The number of ether oxygens (including phenoxy) is 1. The molecule has 0 fully saturated rings. The Labute approximate surface area is 130 Å². The summed E-state index contributed by atoms with van der Waals surface area (Å²) >= 11 is 5.85. The number of hydrogen-bond donors (Lipinski definition) is 0. The molecular weight excluding hydrogens is 304 g/mol. The van der Waals surface area contributed by atoms with Crippen molar-refractivity contribution in [1.29, 1.82) is 0 Å². The van der Waals surface area contributed by atoms with E-state index in [0.29, 0.717) is 16.5 Å². The molecule has 0 radical (unpaired) electrons. The Balaban J connectivity index is 1.67. The van der Waals surface area contributed by atoms with Crippen molar-refractivity contribution in [3.63, 3.8) is 0 Å². The molecule has 8 heteroatoms. The van der Waals surface area contributed by atoms with Gasteiger partial charge in [0, 0.05) is 12.1 Å². The van der Waals surface area contributed by atoms with Gasteiger partial charge in [-0.3, -0.25) is 9.08 Å². The predicted octanol–water partition coefficient (Wildman–Crippen LogP) is 2.24. The quantitative estimate of drug-likeness (QED) is 0.580. The molecule has 0 aliphatic heterocycles. The highest BCUT2D eigenvalue weighted by molar-refractivity contribution is 6.30. The van der Waals surface area contributed by atoms with Gasteiger partial charge < -0.3 is 4.74 Å². The van der Waals surface area contributed by atoms with Gasteiger partial charge in [-0.1, -0.05) is 11.6 Å². The predicted molar refractivity (Wildman–Crippen MR) is 80.8 cm³/mol. The molecule has 1 aromatic carbocycles. The van der Waals surface area contributed by atoms with Crippen LogP contribution in [0.25, 0.3) is 16.7 Å². The molecule has 22 heavy (non-hydrogen) atoms. The molecular formula is C14H11ClN6O. The van der Waals surface area contributed by atoms with Crippen LogP contribution in [0.1, 0.15) is 5.82 Å². The normalized spacial score (nSPS) is 11.4. The first-order valence-electron chi connectivity index (χ1n) is 6.61. The fraction of sp³-hybridized carbons (Fsp3) is 0.143. The van der Waals surface area contributed by atoms with E-state index in [1.807, 2.05) is 19.2 Å². The van der Waals surface area contributed by atoms with Crippen LogP contribution >= 0.6 is 11.6 Å². The fourth-order valence-electron chi connectivity index (χ4n) is 2.26. The van der Waals surface area contributed by atoms with Crippen molar-refractivity contribution in [1.82, 2.24) is 29.4 Å². The van der Waals surface area contributed by atoms with Crippen molar-refractivity contribution >= 4 is 28.3 Å². The number of rotatable bonds is 3. The summed E-state index contributed by atoms with van der Waals surface area (Å²) in [6.07, 6.45) is 3.41. The lowest BCUT2D eigenvalue weighted by molar-refractivity contribution is 0.294. The summed E-state index contributed by atoms with van der Waals surface area (Å²) in [4.78, 5) is 4.38. The summed E-state index contributed by atoms with van der Waals surface area (Å²) in [5, 5.41) is 14.1. The molecule has 0 spiro atoms. The number of aryl methyl sites for hydroxylation is 1. The second-order valence-electron chi connectivity index (χ2n) is 4.80. The molecule has 0 saturated carbocycles. The largest absolute Gasteiger partial charge is 0.486 e. The van der Waals surface area contributed by atoms with Crippen LogP contribution in [-0.2, 0) is 13.7 Å². The van der Waals surface area contributed by atoms with Gasteiger partial charge in [-0.15, -0.1) is 10.2 Å². The average Bonchev–Trinajstić information content (AvgIpc) is 3.11. The highest BCUT2D eigenvalue weighted by Gasteiger charge is 2.12. The zero-order valence-corrected chi connectivity index (χ0v) is 12.4. The molecule has 4 aromatic rings.